The van der Waals surface area contributed by atoms with Crippen molar-refractivity contribution in [3.05, 3.63) is 18.1 Å². The molecule has 0 aliphatic carbocycles. The number of anilines is 1. The molecule has 6 heteroatoms. The standard InChI is InChI=1S/C14H22N4O2/c1-10(2)18(9-11-5-4-7-15-11)12-6-8-16-13(17-12)14(19)20-3/h6,8,10-11,15H,4-5,7,9H2,1-3H3. The molecule has 1 saturated heterocycles. The van der Waals surface area contributed by atoms with Crippen molar-refractivity contribution in [2.45, 2.75) is 38.8 Å². The lowest BCUT2D eigenvalue weighted by Crippen LogP contribution is -2.42. The molecule has 1 unspecified atom stereocenters. The first kappa shape index (κ1) is 14.7. The van der Waals surface area contributed by atoms with Crippen LogP contribution in [0.2, 0.25) is 0 Å². The van der Waals surface area contributed by atoms with Crippen molar-refractivity contribution in [3.63, 3.8) is 0 Å². The van der Waals surface area contributed by atoms with Crippen molar-refractivity contribution in [2.75, 3.05) is 25.1 Å². The predicted molar refractivity (Wildman–Crippen MR) is 76.9 cm³/mol. The summed E-state index contributed by atoms with van der Waals surface area (Å²) in [5.74, 6) is 0.369. The molecule has 1 fully saturated rings. The Balaban J connectivity index is 2.17. The molecule has 0 radical (unpaired) electrons. The number of carbonyl (C=O) groups is 1. The number of hydrogen-bond acceptors (Lipinski definition) is 6. The Morgan fingerprint density at radius 2 is 2.40 bits per heavy atom. The number of esters is 1. The van der Waals surface area contributed by atoms with Gasteiger partial charge in [-0.05, 0) is 39.3 Å². The maximum atomic E-state index is 11.5. The van der Waals surface area contributed by atoms with Crippen LogP contribution in [0.15, 0.2) is 12.3 Å². The Morgan fingerprint density at radius 1 is 1.60 bits per heavy atom. The van der Waals surface area contributed by atoms with Crippen LogP contribution >= 0.6 is 0 Å². The quantitative estimate of drug-likeness (QED) is 0.817. The van der Waals surface area contributed by atoms with Crippen LogP contribution in [-0.4, -0.2) is 48.2 Å². The van der Waals surface area contributed by atoms with E-state index in [2.05, 4.69) is 38.8 Å². The molecular formula is C14H22N4O2. The van der Waals surface area contributed by atoms with Crippen molar-refractivity contribution < 1.29 is 9.53 Å². The van der Waals surface area contributed by atoms with Crippen LogP contribution in [-0.2, 0) is 4.74 Å². The van der Waals surface area contributed by atoms with E-state index in [4.69, 9.17) is 0 Å². The van der Waals surface area contributed by atoms with Crippen LogP contribution in [0, 0.1) is 0 Å². The lowest BCUT2D eigenvalue weighted by molar-refractivity contribution is 0.0586. The number of hydrogen-bond donors (Lipinski definition) is 1. The van der Waals surface area contributed by atoms with Gasteiger partial charge >= 0.3 is 5.97 Å². The number of nitrogens with zero attached hydrogens (tertiary/aromatic N) is 3. The minimum Gasteiger partial charge on any atom is -0.463 e. The fourth-order valence-electron chi connectivity index (χ4n) is 2.42. The Hall–Kier alpha value is -1.69. The molecule has 1 N–H and O–H groups in total. The lowest BCUT2D eigenvalue weighted by atomic mass is 10.2. The van der Waals surface area contributed by atoms with E-state index in [9.17, 15) is 4.79 Å². The fraction of sp³-hybridized carbons (Fsp3) is 0.643. The van der Waals surface area contributed by atoms with Crippen molar-refractivity contribution in [1.82, 2.24) is 15.3 Å². The molecule has 0 bridgehead atoms. The van der Waals surface area contributed by atoms with Crippen molar-refractivity contribution in [2.24, 2.45) is 0 Å². The van der Waals surface area contributed by atoms with Crippen LogP contribution in [0.25, 0.3) is 0 Å². The molecule has 1 aliphatic heterocycles. The SMILES string of the molecule is COC(=O)c1nccc(N(CC2CCCN2)C(C)C)n1. The molecule has 1 aliphatic rings. The average molecular weight is 278 g/mol. The second-order valence-electron chi connectivity index (χ2n) is 5.27. The van der Waals surface area contributed by atoms with E-state index in [0.29, 0.717) is 12.1 Å². The van der Waals surface area contributed by atoms with Crippen molar-refractivity contribution in [3.8, 4) is 0 Å². The lowest BCUT2D eigenvalue weighted by Gasteiger charge is -2.30. The normalized spacial score (nSPS) is 18.3. The monoisotopic (exact) mass is 278 g/mol. The molecule has 0 amide bonds. The smallest absolute Gasteiger partial charge is 0.376 e. The summed E-state index contributed by atoms with van der Waals surface area (Å²) in [6, 6.07) is 2.62. The van der Waals surface area contributed by atoms with Gasteiger partial charge in [-0.2, -0.15) is 0 Å². The molecule has 6 nitrogen and oxygen atoms in total. The second kappa shape index (κ2) is 6.65. The fourth-order valence-corrected chi connectivity index (χ4v) is 2.42. The highest BCUT2D eigenvalue weighted by atomic mass is 16.5. The van der Waals surface area contributed by atoms with E-state index in [1.807, 2.05) is 6.07 Å². The Bertz CT molecular complexity index is 458. The van der Waals surface area contributed by atoms with Crippen LogP contribution in [0.3, 0.4) is 0 Å². The number of ether oxygens (including phenoxy) is 1. The van der Waals surface area contributed by atoms with Crippen molar-refractivity contribution >= 4 is 11.8 Å². The summed E-state index contributed by atoms with van der Waals surface area (Å²) in [5, 5.41) is 3.48. The highest BCUT2D eigenvalue weighted by Gasteiger charge is 2.22. The summed E-state index contributed by atoms with van der Waals surface area (Å²) in [5.41, 5.74) is 0. The van der Waals surface area contributed by atoms with Gasteiger partial charge in [-0.15, -0.1) is 0 Å². The zero-order valence-electron chi connectivity index (χ0n) is 12.3. The Morgan fingerprint density at radius 3 is 3.00 bits per heavy atom. The van der Waals surface area contributed by atoms with Crippen molar-refractivity contribution in [1.29, 1.82) is 0 Å². The number of aromatic nitrogens is 2. The summed E-state index contributed by atoms with van der Waals surface area (Å²) in [7, 11) is 1.33. The van der Waals surface area contributed by atoms with E-state index in [-0.39, 0.29) is 5.82 Å². The summed E-state index contributed by atoms with van der Waals surface area (Å²) < 4.78 is 4.67. The predicted octanol–water partition coefficient (Wildman–Crippen LogP) is 1.23. The molecule has 110 valence electrons. The van der Waals surface area contributed by atoms with E-state index >= 15 is 0 Å². The maximum absolute atomic E-state index is 11.5. The Kier molecular flexibility index (Phi) is 4.89. The summed E-state index contributed by atoms with van der Waals surface area (Å²) >= 11 is 0. The van der Waals surface area contributed by atoms with Gasteiger partial charge in [0.25, 0.3) is 0 Å². The first-order valence-corrected chi connectivity index (χ1v) is 7.03. The molecule has 0 saturated carbocycles. The third-order valence-electron chi connectivity index (χ3n) is 3.51. The number of rotatable bonds is 5. The molecule has 2 heterocycles. The highest BCUT2D eigenvalue weighted by Crippen LogP contribution is 2.17. The zero-order chi connectivity index (χ0) is 14.5. The van der Waals surface area contributed by atoms with Gasteiger partial charge in [0, 0.05) is 24.8 Å². The van der Waals surface area contributed by atoms with E-state index < -0.39 is 5.97 Å². The van der Waals surface area contributed by atoms with Crippen LogP contribution in [0.1, 0.15) is 37.3 Å². The average Bonchev–Trinajstić information content (AvgIpc) is 2.96. The minimum atomic E-state index is -0.505. The number of nitrogens with one attached hydrogen (secondary N) is 1. The van der Waals surface area contributed by atoms with Gasteiger partial charge in [0.1, 0.15) is 5.82 Å². The molecule has 0 aromatic carbocycles. The molecule has 1 aromatic heterocycles. The third-order valence-corrected chi connectivity index (χ3v) is 3.51. The molecule has 1 atom stereocenters. The molecule has 1 aromatic rings. The zero-order valence-corrected chi connectivity index (χ0v) is 12.3. The van der Waals surface area contributed by atoms with Crippen LogP contribution in [0.4, 0.5) is 5.82 Å². The molecule has 2 rings (SSSR count). The molecule has 20 heavy (non-hydrogen) atoms. The van der Waals surface area contributed by atoms with Gasteiger partial charge in [-0.3, -0.25) is 0 Å². The van der Waals surface area contributed by atoms with E-state index in [0.717, 1.165) is 18.9 Å². The van der Waals surface area contributed by atoms with Crippen LogP contribution in [0.5, 0.6) is 0 Å². The van der Waals surface area contributed by atoms with Crippen LogP contribution < -0.4 is 10.2 Å². The first-order valence-electron chi connectivity index (χ1n) is 7.03. The second-order valence-corrected chi connectivity index (χ2v) is 5.27. The molecular weight excluding hydrogens is 256 g/mol. The topological polar surface area (TPSA) is 67.3 Å². The van der Waals surface area contributed by atoms with E-state index in [1.54, 1.807) is 6.20 Å². The highest BCUT2D eigenvalue weighted by molar-refractivity contribution is 5.85. The Labute approximate surface area is 119 Å². The minimum absolute atomic E-state index is 0.107. The number of carbonyl (C=O) groups excluding carboxylic acids is 1. The van der Waals surface area contributed by atoms with Gasteiger partial charge in [-0.1, -0.05) is 0 Å². The summed E-state index contributed by atoms with van der Waals surface area (Å²) in [4.78, 5) is 22.0. The van der Waals surface area contributed by atoms with Gasteiger partial charge in [0.15, 0.2) is 0 Å². The maximum Gasteiger partial charge on any atom is 0.376 e. The van der Waals surface area contributed by atoms with E-state index in [1.165, 1.54) is 20.0 Å². The third kappa shape index (κ3) is 3.45. The van der Waals surface area contributed by atoms with Gasteiger partial charge in [-0.25, -0.2) is 14.8 Å². The van der Waals surface area contributed by atoms with Gasteiger partial charge in [0.05, 0.1) is 7.11 Å². The first-order chi connectivity index (χ1) is 9.61. The summed E-state index contributed by atoms with van der Waals surface area (Å²) in [6.07, 6.45) is 4.00. The number of methoxy groups -OCH3 is 1. The largest absolute Gasteiger partial charge is 0.463 e. The molecule has 0 spiro atoms. The summed E-state index contributed by atoms with van der Waals surface area (Å²) in [6.45, 7) is 6.20. The van der Waals surface area contributed by atoms with Gasteiger partial charge in [0.2, 0.25) is 5.82 Å². The van der Waals surface area contributed by atoms with Gasteiger partial charge < -0.3 is 15.0 Å².